The Morgan fingerprint density at radius 2 is 1.40 bits per heavy atom. The summed E-state index contributed by atoms with van der Waals surface area (Å²) in [4.78, 5) is 0. The smallest absolute Gasteiger partial charge is 0.122 e. The third-order valence-corrected chi connectivity index (χ3v) is 2.95. The standard InChI is InChI=1S/C12H18O3/c1-7-8(2)12(15)10(5-4-6-13)9(3)11(7)14/h13-15H,4-6H2,1-3H3. The van der Waals surface area contributed by atoms with Crippen LogP contribution in [0.2, 0.25) is 0 Å². The number of phenolic OH excluding ortho intramolecular Hbond substituents is 2. The molecular weight excluding hydrogens is 192 g/mol. The SMILES string of the molecule is Cc1c(C)c(O)c(CCCO)c(C)c1O. The Morgan fingerprint density at radius 3 is 1.93 bits per heavy atom. The number of aromatic hydroxyl groups is 2. The molecule has 1 aromatic carbocycles. The first-order chi connectivity index (χ1) is 7.00. The second-order valence-electron chi connectivity index (χ2n) is 3.88. The van der Waals surface area contributed by atoms with E-state index < -0.39 is 0 Å². The normalized spacial score (nSPS) is 10.7. The summed E-state index contributed by atoms with van der Waals surface area (Å²) in [5, 5.41) is 28.5. The monoisotopic (exact) mass is 210 g/mol. The van der Waals surface area contributed by atoms with Crippen molar-refractivity contribution < 1.29 is 15.3 Å². The summed E-state index contributed by atoms with van der Waals surface area (Å²) in [6, 6.07) is 0. The van der Waals surface area contributed by atoms with Crippen LogP contribution in [-0.2, 0) is 6.42 Å². The summed E-state index contributed by atoms with van der Waals surface area (Å²) >= 11 is 0. The van der Waals surface area contributed by atoms with Crippen molar-refractivity contribution in [3.05, 3.63) is 22.3 Å². The van der Waals surface area contributed by atoms with Crippen LogP contribution < -0.4 is 0 Å². The van der Waals surface area contributed by atoms with E-state index in [4.69, 9.17) is 5.11 Å². The minimum absolute atomic E-state index is 0.0898. The van der Waals surface area contributed by atoms with E-state index in [0.29, 0.717) is 24.0 Å². The van der Waals surface area contributed by atoms with Crippen LogP contribution in [0.3, 0.4) is 0 Å². The summed E-state index contributed by atoms with van der Waals surface area (Å²) in [6.45, 7) is 5.44. The van der Waals surface area contributed by atoms with Gasteiger partial charge in [-0.25, -0.2) is 0 Å². The van der Waals surface area contributed by atoms with Crippen molar-refractivity contribution in [1.29, 1.82) is 0 Å². The van der Waals surface area contributed by atoms with Crippen LogP contribution >= 0.6 is 0 Å². The maximum Gasteiger partial charge on any atom is 0.122 e. The Kier molecular flexibility index (Phi) is 3.58. The molecule has 0 aromatic heterocycles. The zero-order valence-electron chi connectivity index (χ0n) is 9.46. The summed E-state index contributed by atoms with van der Waals surface area (Å²) in [5.41, 5.74) is 2.89. The summed E-state index contributed by atoms with van der Waals surface area (Å²) in [7, 11) is 0. The van der Waals surface area contributed by atoms with Gasteiger partial charge in [0.05, 0.1) is 0 Å². The van der Waals surface area contributed by atoms with E-state index >= 15 is 0 Å². The Bertz CT molecular complexity index is 341. The lowest BCUT2D eigenvalue weighted by atomic mass is 9.95. The molecule has 0 heterocycles. The molecule has 1 aromatic rings. The molecule has 3 nitrogen and oxygen atoms in total. The number of benzene rings is 1. The fourth-order valence-corrected chi connectivity index (χ4v) is 1.75. The molecule has 0 aliphatic rings. The molecule has 0 radical (unpaired) electrons. The van der Waals surface area contributed by atoms with E-state index in [1.165, 1.54) is 0 Å². The fraction of sp³-hybridized carbons (Fsp3) is 0.500. The molecule has 0 aliphatic heterocycles. The van der Waals surface area contributed by atoms with Crippen molar-refractivity contribution in [1.82, 2.24) is 0 Å². The molecule has 0 saturated heterocycles. The minimum atomic E-state index is 0.0898. The zero-order chi connectivity index (χ0) is 11.6. The molecule has 84 valence electrons. The van der Waals surface area contributed by atoms with Gasteiger partial charge in [0, 0.05) is 12.2 Å². The van der Waals surface area contributed by atoms with E-state index in [-0.39, 0.29) is 18.1 Å². The number of aliphatic hydroxyl groups excluding tert-OH is 1. The molecular formula is C12H18O3. The topological polar surface area (TPSA) is 60.7 Å². The molecule has 0 saturated carbocycles. The van der Waals surface area contributed by atoms with Gasteiger partial charge >= 0.3 is 0 Å². The van der Waals surface area contributed by atoms with Gasteiger partial charge in [0.1, 0.15) is 11.5 Å². The number of hydrogen-bond acceptors (Lipinski definition) is 3. The maximum atomic E-state index is 9.92. The van der Waals surface area contributed by atoms with Crippen molar-refractivity contribution in [3.8, 4) is 11.5 Å². The van der Waals surface area contributed by atoms with Crippen LogP contribution in [0.1, 0.15) is 28.7 Å². The van der Waals surface area contributed by atoms with Crippen LogP contribution in [0.15, 0.2) is 0 Å². The van der Waals surface area contributed by atoms with Crippen molar-refractivity contribution in [2.24, 2.45) is 0 Å². The first kappa shape index (κ1) is 11.9. The number of hydrogen-bond donors (Lipinski definition) is 3. The molecule has 1 rings (SSSR count). The predicted molar refractivity (Wildman–Crippen MR) is 59.4 cm³/mol. The van der Waals surface area contributed by atoms with E-state index in [9.17, 15) is 10.2 Å². The van der Waals surface area contributed by atoms with Crippen LogP contribution in [0.4, 0.5) is 0 Å². The summed E-state index contributed by atoms with van der Waals surface area (Å²) in [5.74, 6) is 0.495. The highest BCUT2D eigenvalue weighted by atomic mass is 16.3. The molecule has 0 bridgehead atoms. The second-order valence-corrected chi connectivity index (χ2v) is 3.88. The van der Waals surface area contributed by atoms with Gasteiger partial charge in [-0.15, -0.1) is 0 Å². The number of rotatable bonds is 3. The lowest BCUT2D eigenvalue weighted by Crippen LogP contribution is -1.98. The first-order valence-corrected chi connectivity index (χ1v) is 5.12. The van der Waals surface area contributed by atoms with Gasteiger partial charge in [0.2, 0.25) is 0 Å². The van der Waals surface area contributed by atoms with Gasteiger partial charge in [-0.1, -0.05) is 0 Å². The lowest BCUT2D eigenvalue weighted by molar-refractivity contribution is 0.287. The summed E-state index contributed by atoms with van der Waals surface area (Å²) < 4.78 is 0. The van der Waals surface area contributed by atoms with E-state index in [0.717, 1.165) is 11.1 Å². The van der Waals surface area contributed by atoms with Gasteiger partial charge < -0.3 is 15.3 Å². The van der Waals surface area contributed by atoms with Crippen LogP contribution in [0, 0.1) is 20.8 Å². The van der Waals surface area contributed by atoms with E-state index in [1.54, 1.807) is 20.8 Å². The van der Waals surface area contributed by atoms with Gasteiger partial charge in [0.25, 0.3) is 0 Å². The van der Waals surface area contributed by atoms with Crippen molar-refractivity contribution in [2.75, 3.05) is 6.61 Å². The average molecular weight is 210 g/mol. The van der Waals surface area contributed by atoms with Gasteiger partial charge in [0.15, 0.2) is 0 Å². The third-order valence-electron chi connectivity index (χ3n) is 2.95. The Hall–Kier alpha value is -1.22. The highest BCUT2D eigenvalue weighted by Crippen LogP contribution is 2.36. The Labute approximate surface area is 90.0 Å². The predicted octanol–water partition coefficient (Wildman–Crippen LogP) is 1.95. The molecule has 0 amide bonds. The molecule has 0 atom stereocenters. The second kappa shape index (κ2) is 4.53. The quantitative estimate of drug-likeness (QED) is 0.668. The van der Waals surface area contributed by atoms with Crippen LogP contribution in [0.5, 0.6) is 11.5 Å². The number of phenols is 2. The minimum Gasteiger partial charge on any atom is -0.507 e. The largest absolute Gasteiger partial charge is 0.507 e. The molecule has 0 fully saturated rings. The van der Waals surface area contributed by atoms with Gasteiger partial charge in [-0.3, -0.25) is 0 Å². The van der Waals surface area contributed by atoms with Crippen LogP contribution in [0.25, 0.3) is 0 Å². The molecule has 0 unspecified atom stereocenters. The maximum absolute atomic E-state index is 9.92. The summed E-state index contributed by atoms with van der Waals surface area (Å²) in [6.07, 6.45) is 1.18. The highest BCUT2D eigenvalue weighted by Gasteiger charge is 2.15. The molecule has 3 N–H and O–H groups in total. The van der Waals surface area contributed by atoms with Gasteiger partial charge in [-0.05, 0) is 50.3 Å². The Balaban J connectivity index is 3.26. The Morgan fingerprint density at radius 1 is 0.867 bits per heavy atom. The van der Waals surface area contributed by atoms with Crippen molar-refractivity contribution >= 4 is 0 Å². The average Bonchev–Trinajstić information content (AvgIpc) is 2.24. The molecule has 15 heavy (non-hydrogen) atoms. The molecule has 3 heteroatoms. The van der Waals surface area contributed by atoms with E-state index in [2.05, 4.69) is 0 Å². The van der Waals surface area contributed by atoms with Crippen molar-refractivity contribution in [3.63, 3.8) is 0 Å². The lowest BCUT2D eigenvalue weighted by Gasteiger charge is -2.15. The van der Waals surface area contributed by atoms with Crippen molar-refractivity contribution in [2.45, 2.75) is 33.6 Å². The third kappa shape index (κ3) is 2.07. The molecule has 0 spiro atoms. The highest BCUT2D eigenvalue weighted by molar-refractivity contribution is 5.56. The number of aliphatic hydroxyl groups is 1. The van der Waals surface area contributed by atoms with Gasteiger partial charge in [-0.2, -0.15) is 0 Å². The van der Waals surface area contributed by atoms with E-state index in [1.807, 2.05) is 0 Å². The molecule has 0 aliphatic carbocycles. The first-order valence-electron chi connectivity index (χ1n) is 5.12. The zero-order valence-corrected chi connectivity index (χ0v) is 9.46. The fourth-order valence-electron chi connectivity index (χ4n) is 1.75. The van der Waals surface area contributed by atoms with Crippen LogP contribution in [-0.4, -0.2) is 21.9 Å².